The minimum Gasteiger partial charge on any atom is -0.0991 e. The highest BCUT2D eigenvalue weighted by Crippen LogP contribution is 1.97. The molecule has 0 fully saturated rings. The van der Waals surface area contributed by atoms with Crippen molar-refractivity contribution in [2.45, 2.75) is 13.8 Å². The summed E-state index contributed by atoms with van der Waals surface area (Å²) in [5.74, 6) is 0. The van der Waals surface area contributed by atoms with Crippen LogP contribution in [0.1, 0.15) is 19.4 Å². The quantitative estimate of drug-likeness (QED) is 0.467. The Bertz CT molecular complexity index is 497. The average molecular weight is 349 g/mol. The highest BCUT2D eigenvalue weighted by molar-refractivity contribution is 5.45. The smallest absolute Gasteiger partial charge is 0.0263 e. The lowest BCUT2D eigenvalue weighted by molar-refractivity contribution is 1.58. The molecule has 0 saturated heterocycles. The Morgan fingerprint density at radius 3 is 1.00 bits per heavy atom. The van der Waals surface area contributed by atoms with E-state index in [1.807, 2.05) is 50.3 Å². The van der Waals surface area contributed by atoms with Crippen molar-refractivity contribution in [3.05, 3.63) is 143 Å². The Kier molecular flexibility index (Phi) is 35.3. The molecule has 0 spiro atoms. The number of benzene rings is 1. The van der Waals surface area contributed by atoms with Gasteiger partial charge in [0.05, 0.1) is 0 Å². The Hall–Kier alpha value is -3.12. The zero-order valence-corrected chi connectivity index (χ0v) is 16.8. The van der Waals surface area contributed by atoms with E-state index in [9.17, 15) is 0 Å². The number of hydrogen-bond acceptors (Lipinski definition) is 0. The molecule has 1 aromatic rings. The Morgan fingerprint density at radius 1 is 0.615 bits per heavy atom. The minimum atomic E-state index is 1.02. The van der Waals surface area contributed by atoms with E-state index < -0.39 is 0 Å². The largest absolute Gasteiger partial charge is 0.0991 e. The zero-order chi connectivity index (χ0) is 21.2. The maximum absolute atomic E-state index is 3.63. The molecule has 0 aromatic heterocycles. The summed E-state index contributed by atoms with van der Waals surface area (Å²) in [6.07, 6.45) is 11.8. The SMILES string of the molecule is C=CC(=C)C.C=CC(=C)C.C=CC=C.C=CC=C.C=Cc1ccccc1. The lowest BCUT2D eigenvalue weighted by Crippen LogP contribution is -1.63. The van der Waals surface area contributed by atoms with Crippen LogP contribution in [0.2, 0.25) is 0 Å². The standard InChI is InChI=1S/C8H8.2C5H8.2C4H6/c1-2-8-6-4-3-5-7-8;2*1-4-5(2)3;2*1-3-4-2/h2-7H,1H2;2*4H,1-2H2,3H3;2*3-4H,1-2H2. The Morgan fingerprint density at radius 2 is 0.885 bits per heavy atom. The molecule has 140 valence electrons. The predicted molar refractivity (Wildman–Crippen MR) is 127 cm³/mol. The molecule has 0 nitrogen and oxygen atoms in total. The average Bonchev–Trinajstić information content (AvgIpc) is 2.69. The minimum absolute atomic E-state index is 1.02. The molecule has 0 aliphatic rings. The van der Waals surface area contributed by atoms with Crippen molar-refractivity contribution >= 4 is 6.08 Å². The van der Waals surface area contributed by atoms with Crippen molar-refractivity contribution in [1.82, 2.24) is 0 Å². The fourth-order valence-electron chi connectivity index (χ4n) is 0.589. The first-order valence-corrected chi connectivity index (χ1v) is 8.01. The van der Waals surface area contributed by atoms with Crippen LogP contribution in [0.3, 0.4) is 0 Å². The fraction of sp³-hybridized carbons (Fsp3) is 0.0769. The first kappa shape index (κ1) is 30.7. The highest BCUT2D eigenvalue weighted by atomic mass is 13.8. The predicted octanol–water partition coefficient (Wildman–Crippen LogP) is 8.54. The van der Waals surface area contributed by atoms with Gasteiger partial charge in [0.15, 0.2) is 0 Å². The van der Waals surface area contributed by atoms with Crippen LogP contribution < -0.4 is 0 Å². The summed E-state index contributed by atoms with van der Waals surface area (Å²) in [5, 5.41) is 0. The molecule has 26 heavy (non-hydrogen) atoms. The molecule has 0 aliphatic carbocycles. The van der Waals surface area contributed by atoms with Crippen LogP contribution >= 0.6 is 0 Å². The number of rotatable bonds is 5. The molecule has 0 bridgehead atoms. The van der Waals surface area contributed by atoms with Gasteiger partial charge in [-0.05, 0) is 19.4 Å². The Balaban J connectivity index is -0.000000121. The van der Waals surface area contributed by atoms with E-state index in [4.69, 9.17) is 0 Å². The summed E-state index contributed by atoms with van der Waals surface area (Å²) in [7, 11) is 0. The van der Waals surface area contributed by atoms with Gasteiger partial charge < -0.3 is 0 Å². The second-order valence-electron chi connectivity index (χ2n) is 4.66. The van der Waals surface area contributed by atoms with Gasteiger partial charge in [-0.1, -0.05) is 143 Å². The molecule has 0 aliphatic heterocycles. The summed E-state index contributed by atoms with van der Waals surface area (Å²) in [6, 6.07) is 10.0. The summed E-state index contributed by atoms with van der Waals surface area (Å²) in [6.45, 7) is 34.9. The molecule has 0 unspecified atom stereocenters. The summed E-state index contributed by atoms with van der Waals surface area (Å²) in [5.41, 5.74) is 3.21. The molecule has 0 saturated carbocycles. The number of hydrogen-bond donors (Lipinski definition) is 0. The van der Waals surface area contributed by atoms with Gasteiger partial charge in [0.2, 0.25) is 0 Å². The van der Waals surface area contributed by atoms with E-state index in [1.165, 1.54) is 5.56 Å². The van der Waals surface area contributed by atoms with Crippen molar-refractivity contribution in [1.29, 1.82) is 0 Å². The van der Waals surface area contributed by atoms with Crippen molar-refractivity contribution in [3.63, 3.8) is 0 Å². The zero-order valence-electron chi connectivity index (χ0n) is 16.8. The van der Waals surface area contributed by atoms with E-state index in [1.54, 1.807) is 36.5 Å². The first-order valence-electron chi connectivity index (χ1n) is 8.01. The second-order valence-corrected chi connectivity index (χ2v) is 4.66. The molecule has 0 atom stereocenters. The highest BCUT2D eigenvalue weighted by Gasteiger charge is 1.75. The molecular weight excluding hydrogens is 312 g/mol. The van der Waals surface area contributed by atoms with Gasteiger partial charge >= 0.3 is 0 Å². The molecule has 0 heterocycles. The van der Waals surface area contributed by atoms with Crippen LogP contribution in [0, 0.1) is 0 Å². The van der Waals surface area contributed by atoms with Crippen molar-refractivity contribution in [3.8, 4) is 0 Å². The molecular formula is C26H36. The van der Waals surface area contributed by atoms with Gasteiger partial charge in [0.1, 0.15) is 0 Å². The van der Waals surface area contributed by atoms with Crippen LogP contribution in [-0.4, -0.2) is 0 Å². The lowest BCUT2D eigenvalue weighted by atomic mass is 10.2. The third-order valence-corrected chi connectivity index (χ3v) is 2.07. The maximum atomic E-state index is 3.63. The summed E-state index contributed by atoms with van der Waals surface area (Å²) >= 11 is 0. The van der Waals surface area contributed by atoms with Gasteiger partial charge in [-0.25, -0.2) is 0 Å². The normalized spacial score (nSPS) is 6.69. The van der Waals surface area contributed by atoms with E-state index in [0.717, 1.165) is 11.1 Å². The third kappa shape index (κ3) is 49.7. The first-order chi connectivity index (χ1) is 12.3. The van der Waals surface area contributed by atoms with Crippen LogP contribution in [0.25, 0.3) is 6.08 Å². The Labute approximate surface area is 163 Å². The van der Waals surface area contributed by atoms with Gasteiger partial charge in [-0.15, -0.1) is 0 Å². The maximum Gasteiger partial charge on any atom is -0.0263 e. The lowest BCUT2D eigenvalue weighted by Gasteiger charge is -1.85. The molecule has 0 amide bonds. The monoisotopic (exact) mass is 348 g/mol. The van der Waals surface area contributed by atoms with Gasteiger partial charge in [-0.3, -0.25) is 0 Å². The van der Waals surface area contributed by atoms with Gasteiger partial charge in [0, 0.05) is 0 Å². The molecule has 1 aromatic carbocycles. The topological polar surface area (TPSA) is 0 Å². The molecule has 0 N–H and O–H groups in total. The summed E-state index contributed by atoms with van der Waals surface area (Å²) < 4.78 is 0. The second kappa shape index (κ2) is 29.8. The van der Waals surface area contributed by atoms with E-state index >= 15 is 0 Å². The van der Waals surface area contributed by atoms with Crippen LogP contribution in [-0.2, 0) is 0 Å². The number of allylic oxidation sites excluding steroid dienone is 8. The van der Waals surface area contributed by atoms with Crippen molar-refractivity contribution in [2.24, 2.45) is 0 Å². The van der Waals surface area contributed by atoms with Crippen LogP contribution in [0.5, 0.6) is 0 Å². The third-order valence-electron chi connectivity index (χ3n) is 2.07. The van der Waals surface area contributed by atoms with Crippen molar-refractivity contribution in [2.75, 3.05) is 0 Å². The van der Waals surface area contributed by atoms with E-state index in [2.05, 4.69) is 59.2 Å². The van der Waals surface area contributed by atoms with Gasteiger partial charge in [0.25, 0.3) is 0 Å². The molecule has 1 rings (SSSR count). The summed E-state index contributed by atoms with van der Waals surface area (Å²) in [4.78, 5) is 0. The van der Waals surface area contributed by atoms with E-state index in [0.29, 0.717) is 0 Å². The van der Waals surface area contributed by atoms with E-state index in [-0.39, 0.29) is 0 Å². The van der Waals surface area contributed by atoms with Crippen LogP contribution in [0.15, 0.2) is 137 Å². The van der Waals surface area contributed by atoms with Gasteiger partial charge in [-0.2, -0.15) is 0 Å². The fourth-order valence-corrected chi connectivity index (χ4v) is 0.589. The van der Waals surface area contributed by atoms with Crippen LogP contribution in [0.4, 0.5) is 0 Å². The molecule has 0 heteroatoms. The molecule has 0 radical (unpaired) electrons. The van der Waals surface area contributed by atoms with Crippen molar-refractivity contribution < 1.29 is 0 Å².